The molecule has 0 saturated heterocycles. The van der Waals surface area contributed by atoms with Gasteiger partial charge >= 0.3 is 0 Å². The van der Waals surface area contributed by atoms with Crippen molar-refractivity contribution in [3.05, 3.63) is 90.5 Å². The number of hydrogen-bond acceptors (Lipinski definition) is 4. The number of benzene rings is 2. The summed E-state index contributed by atoms with van der Waals surface area (Å²) < 4.78 is 14.9. The van der Waals surface area contributed by atoms with Gasteiger partial charge in [-0.25, -0.2) is 13.9 Å². The van der Waals surface area contributed by atoms with Gasteiger partial charge in [0.15, 0.2) is 0 Å². The average molecular weight is 384 g/mol. The zero-order valence-electron chi connectivity index (χ0n) is 15.4. The van der Waals surface area contributed by atoms with Crippen molar-refractivity contribution < 1.29 is 9.18 Å². The Kier molecular flexibility index (Phi) is 5.27. The van der Waals surface area contributed by atoms with Crippen LogP contribution in [0.25, 0.3) is 28.6 Å². The van der Waals surface area contributed by atoms with Crippen LogP contribution >= 0.6 is 0 Å². The van der Waals surface area contributed by atoms with Gasteiger partial charge in [-0.2, -0.15) is 5.10 Å². The van der Waals surface area contributed by atoms with Crippen molar-refractivity contribution in [2.75, 3.05) is 5.32 Å². The molecule has 0 spiro atoms. The molecule has 2 aromatic carbocycles. The molecule has 0 saturated carbocycles. The van der Waals surface area contributed by atoms with E-state index in [2.05, 4.69) is 15.4 Å². The zero-order chi connectivity index (χ0) is 20.1. The van der Waals surface area contributed by atoms with Crippen LogP contribution in [0, 0.1) is 5.82 Å². The minimum absolute atomic E-state index is 0.325. The summed E-state index contributed by atoms with van der Waals surface area (Å²) in [6, 6.07) is 19.7. The fourth-order valence-corrected chi connectivity index (χ4v) is 3.13. The molecule has 0 bridgehead atoms. The molecule has 0 atom stereocenters. The molecule has 6 heteroatoms. The summed E-state index contributed by atoms with van der Waals surface area (Å²) in [6.07, 6.45) is 4.61. The first-order valence-corrected chi connectivity index (χ1v) is 9.04. The number of nitrogens with one attached hydrogen (secondary N) is 1. The van der Waals surface area contributed by atoms with E-state index in [1.54, 1.807) is 30.5 Å². The van der Waals surface area contributed by atoms with Crippen LogP contribution in [0.3, 0.4) is 0 Å². The molecule has 0 amide bonds. The molecular formula is C23H17FN4O. The van der Waals surface area contributed by atoms with Crippen LogP contribution in [-0.2, 0) is 11.3 Å². The Morgan fingerprint density at radius 2 is 1.69 bits per heavy atom. The van der Waals surface area contributed by atoms with Gasteiger partial charge in [-0.1, -0.05) is 30.3 Å². The molecule has 2 aromatic heterocycles. The largest absolute Gasteiger partial charge is 0.365 e. The summed E-state index contributed by atoms with van der Waals surface area (Å²) in [5, 5.41) is 7.96. The van der Waals surface area contributed by atoms with E-state index in [0.29, 0.717) is 18.1 Å². The number of halogens is 1. The molecular weight excluding hydrogens is 367 g/mol. The molecule has 0 aliphatic heterocycles. The number of anilines is 1. The number of hydrogen-bond donors (Lipinski definition) is 1. The number of aromatic nitrogens is 3. The van der Waals surface area contributed by atoms with E-state index >= 15 is 0 Å². The molecule has 5 nitrogen and oxygen atoms in total. The van der Waals surface area contributed by atoms with Crippen molar-refractivity contribution in [2.45, 2.75) is 6.54 Å². The minimum atomic E-state index is -0.325. The Labute approximate surface area is 167 Å². The lowest BCUT2D eigenvalue weighted by atomic mass is 10.0. The van der Waals surface area contributed by atoms with Crippen molar-refractivity contribution in [2.24, 2.45) is 0 Å². The maximum absolute atomic E-state index is 13.4. The molecule has 0 unspecified atom stereocenters. The Hall–Kier alpha value is -4.02. The van der Waals surface area contributed by atoms with E-state index in [-0.39, 0.29) is 5.82 Å². The number of carbonyl (C=O) groups excluding carboxylic acids is 1. The summed E-state index contributed by atoms with van der Waals surface area (Å²) in [5.41, 5.74) is 4.11. The molecule has 142 valence electrons. The fraction of sp³-hybridized carbons (Fsp3) is 0.0435. The van der Waals surface area contributed by atoms with Gasteiger partial charge in [0.05, 0.1) is 5.56 Å². The number of pyridine rings is 1. The van der Waals surface area contributed by atoms with Gasteiger partial charge in [-0.05, 0) is 47.5 Å². The quantitative estimate of drug-likeness (QED) is 0.491. The van der Waals surface area contributed by atoms with Crippen LogP contribution in [0.1, 0.15) is 5.56 Å². The SMILES string of the molecule is O=C=Cn1nc(-c2ccc(F)cc2)c(-c2ccncc2)c1NCc1ccccc1. The van der Waals surface area contributed by atoms with E-state index in [1.807, 2.05) is 42.5 Å². The van der Waals surface area contributed by atoms with E-state index < -0.39 is 0 Å². The number of rotatable bonds is 6. The maximum atomic E-state index is 13.4. The first-order valence-electron chi connectivity index (χ1n) is 9.04. The second-order valence-electron chi connectivity index (χ2n) is 6.35. The lowest BCUT2D eigenvalue weighted by Crippen LogP contribution is -2.05. The second kappa shape index (κ2) is 8.33. The standard InChI is InChI=1S/C23H17FN4O/c24-20-8-6-19(7-9-20)22-21(18-10-12-25-13-11-18)23(28(27-22)14-15-29)26-16-17-4-2-1-3-5-17/h1-14,26H,16H2. The molecule has 0 fully saturated rings. The monoisotopic (exact) mass is 384 g/mol. The highest BCUT2D eigenvalue weighted by Gasteiger charge is 2.20. The van der Waals surface area contributed by atoms with Gasteiger partial charge in [0.1, 0.15) is 29.5 Å². The predicted octanol–water partition coefficient (Wildman–Crippen LogP) is 4.67. The first-order chi connectivity index (χ1) is 14.3. The second-order valence-corrected chi connectivity index (χ2v) is 6.35. The van der Waals surface area contributed by atoms with Crippen molar-refractivity contribution in [1.29, 1.82) is 0 Å². The van der Waals surface area contributed by atoms with E-state index in [1.165, 1.54) is 23.0 Å². The zero-order valence-corrected chi connectivity index (χ0v) is 15.4. The fourth-order valence-electron chi connectivity index (χ4n) is 3.13. The summed E-state index contributed by atoms with van der Waals surface area (Å²) in [4.78, 5) is 15.2. The smallest absolute Gasteiger partial charge is 0.144 e. The van der Waals surface area contributed by atoms with Gasteiger partial charge < -0.3 is 5.32 Å². The van der Waals surface area contributed by atoms with Gasteiger partial charge in [0.2, 0.25) is 0 Å². The van der Waals surface area contributed by atoms with Gasteiger partial charge in [-0.15, -0.1) is 0 Å². The molecule has 4 aromatic rings. The molecule has 4 rings (SSSR count). The van der Waals surface area contributed by atoms with Gasteiger partial charge in [-0.3, -0.25) is 4.98 Å². The highest BCUT2D eigenvalue weighted by Crippen LogP contribution is 2.38. The minimum Gasteiger partial charge on any atom is -0.365 e. The third-order valence-corrected chi connectivity index (χ3v) is 4.47. The van der Waals surface area contributed by atoms with Crippen LogP contribution in [0.15, 0.2) is 79.1 Å². The molecule has 0 radical (unpaired) electrons. The lowest BCUT2D eigenvalue weighted by Gasteiger charge is -2.10. The lowest BCUT2D eigenvalue weighted by molar-refractivity contribution is 0.569. The summed E-state index contributed by atoms with van der Waals surface area (Å²) in [6.45, 7) is 0.542. The van der Waals surface area contributed by atoms with Crippen LogP contribution in [0.5, 0.6) is 0 Å². The summed E-state index contributed by atoms with van der Waals surface area (Å²) in [5.74, 6) is 2.10. The summed E-state index contributed by atoms with van der Waals surface area (Å²) >= 11 is 0. The van der Waals surface area contributed by atoms with Gasteiger partial charge in [0, 0.05) is 24.5 Å². The highest BCUT2D eigenvalue weighted by molar-refractivity contribution is 5.90. The summed E-state index contributed by atoms with van der Waals surface area (Å²) in [7, 11) is 0. The van der Waals surface area contributed by atoms with E-state index in [4.69, 9.17) is 0 Å². The van der Waals surface area contributed by atoms with Crippen molar-refractivity contribution in [3.63, 3.8) is 0 Å². The first kappa shape index (κ1) is 18.3. The molecule has 0 aliphatic rings. The third kappa shape index (κ3) is 3.98. The maximum Gasteiger partial charge on any atom is 0.144 e. The topological polar surface area (TPSA) is 59.8 Å². The Morgan fingerprint density at radius 1 is 0.966 bits per heavy atom. The van der Waals surface area contributed by atoms with Crippen LogP contribution in [0.2, 0.25) is 0 Å². The molecule has 1 N–H and O–H groups in total. The van der Waals surface area contributed by atoms with Crippen LogP contribution in [0.4, 0.5) is 10.2 Å². The van der Waals surface area contributed by atoms with E-state index in [0.717, 1.165) is 22.3 Å². The molecule has 0 aliphatic carbocycles. The van der Waals surface area contributed by atoms with Crippen molar-refractivity contribution in [1.82, 2.24) is 14.8 Å². The van der Waals surface area contributed by atoms with Crippen molar-refractivity contribution in [3.8, 4) is 22.4 Å². The molecule has 2 heterocycles. The Bertz CT molecular complexity index is 1150. The van der Waals surface area contributed by atoms with Gasteiger partial charge in [0.25, 0.3) is 0 Å². The Balaban J connectivity index is 1.87. The highest BCUT2D eigenvalue weighted by atomic mass is 19.1. The average Bonchev–Trinajstić information content (AvgIpc) is 3.12. The number of nitrogens with zero attached hydrogens (tertiary/aromatic N) is 3. The molecule has 29 heavy (non-hydrogen) atoms. The predicted molar refractivity (Wildman–Crippen MR) is 111 cm³/mol. The Morgan fingerprint density at radius 3 is 2.38 bits per heavy atom. The van der Waals surface area contributed by atoms with E-state index in [9.17, 15) is 9.18 Å². The van der Waals surface area contributed by atoms with Crippen LogP contribution < -0.4 is 5.32 Å². The third-order valence-electron chi connectivity index (χ3n) is 4.47. The van der Waals surface area contributed by atoms with Crippen LogP contribution in [-0.4, -0.2) is 20.7 Å². The normalized spacial score (nSPS) is 10.4. The van der Waals surface area contributed by atoms with Crippen molar-refractivity contribution >= 4 is 18.0 Å².